The van der Waals surface area contributed by atoms with Crippen LogP contribution < -0.4 is 0 Å². The number of hydrogen-bond donors (Lipinski definition) is 0. The zero-order chi connectivity index (χ0) is 12.3. The van der Waals surface area contributed by atoms with E-state index >= 15 is 0 Å². The van der Waals surface area contributed by atoms with Gasteiger partial charge in [-0.15, -0.1) is 0 Å². The predicted molar refractivity (Wildman–Crippen MR) is 71.3 cm³/mol. The van der Waals surface area contributed by atoms with Crippen molar-refractivity contribution in [1.29, 1.82) is 0 Å². The number of para-hydroxylation sites is 1. The summed E-state index contributed by atoms with van der Waals surface area (Å²) in [5, 5.41) is 2.39. The van der Waals surface area contributed by atoms with Crippen molar-refractivity contribution in [1.82, 2.24) is 4.98 Å². The van der Waals surface area contributed by atoms with E-state index in [9.17, 15) is 0 Å². The second-order valence-corrected chi connectivity index (χ2v) is 4.68. The van der Waals surface area contributed by atoms with Gasteiger partial charge in [-0.05, 0) is 23.7 Å². The van der Waals surface area contributed by atoms with E-state index in [4.69, 9.17) is 32.0 Å². The highest BCUT2D eigenvalue weighted by atomic mass is 35.5. The summed E-state index contributed by atoms with van der Waals surface area (Å²) in [5.41, 5.74) is 2.47. The molecule has 0 atom stereocenters. The average molecular weight is 278 g/mol. The maximum absolute atomic E-state index is 6.28. The van der Waals surface area contributed by atoms with Crippen molar-refractivity contribution in [2.75, 3.05) is 0 Å². The molecule has 0 aliphatic carbocycles. The van der Waals surface area contributed by atoms with E-state index < -0.39 is 0 Å². The van der Waals surface area contributed by atoms with Crippen molar-refractivity contribution in [3.8, 4) is 0 Å². The van der Waals surface area contributed by atoms with E-state index in [0.29, 0.717) is 21.7 Å². The highest BCUT2D eigenvalue weighted by molar-refractivity contribution is 6.40. The number of hydrogen-bond acceptors (Lipinski definition) is 3. The molecular formula is C13H5Cl2NO2. The Hall–Kier alpha value is -1.71. The van der Waals surface area contributed by atoms with Gasteiger partial charge in [0.05, 0.1) is 0 Å². The summed E-state index contributed by atoms with van der Waals surface area (Å²) in [4.78, 5) is 4.04. The lowest BCUT2D eigenvalue weighted by Crippen LogP contribution is -1.73. The molecule has 0 amide bonds. The second kappa shape index (κ2) is 3.40. The number of rotatable bonds is 0. The Labute approximate surface area is 111 Å². The first kappa shape index (κ1) is 10.2. The third kappa shape index (κ3) is 1.23. The number of nitrogens with zero attached hydrogens (tertiary/aromatic N) is 1. The fourth-order valence-electron chi connectivity index (χ4n) is 2.17. The molecule has 3 nitrogen and oxygen atoms in total. The quantitative estimate of drug-likeness (QED) is 0.452. The van der Waals surface area contributed by atoms with Crippen LogP contribution in [0, 0.1) is 0 Å². The lowest BCUT2D eigenvalue weighted by atomic mass is 10.1. The molecule has 0 spiro atoms. The first-order valence-corrected chi connectivity index (χ1v) is 6.05. The summed E-state index contributed by atoms with van der Waals surface area (Å²) in [5.74, 6) is 0. The Morgan fingerprint density at radius 3 is 2.67 bits per heavy atom. The van der Waals surface area contributed by atoms with Crippen molar-refractivity contribution in [3.05, 3.63) is 40.7 Å². The normalized spacial score (nSPS) is 11.9. The lowest BCUT2D eigenvalue weighted by Gasteiger charge is -1.92. The van der Waals surface area contributed by atoms with Gasteiger partial charge in [-0.25, -0.2) is 0 Å². The molecule has 0 aliphatic rings. The molecule has 0 aliphatic heterocycles. The van der Waals surface area contributed by atoms with E-state index in [1.165, 1.54) is 0 Å². The molecule has 2 aromatic carbocycles. The minimum Gasteiger partial charge on any atom is -0.454 e. The van der Waals surface area contributed by atoms with Crippen LogP contribution in [0.25, 0.3) is 33.0 Å². The molecule has 4 rings (SSSR count). The smallest absolute Gasteiger partial charge is 0.293 e. The number of furan rings is 1. The van der Waals surface area contributed by atoms with Crippen LogP contribution in [0.2, 0.25) is 10.4 Å². The Bertz CT molecular complexity index is 907. The van der Waals surface area contributed by atoms with Crippen molar-refractivity contribution in [3.63, 3.8) is 0 Å². The summed E-state index contributed by atoms with van der Waals surface area (Å²) in [6.45, 7) is 0. The molecule has 0 unspecified atom stereocenters. The fourth-order valence-corrected chi connectivity index (χ4v) is 2.61. The van der Waals surface area contributed by atoms with Gasteiger partial charge in [0, 0.05) is 10.8 Å². The standard InChI is InChI=1S/C13H5Cl2NO2/c14-10-11-9(18-13(15)16-11)5-7-6-3-1-2-4-8(6)17-12(7)10/h1-5H. The number of benzene rings is 2. The number of halogens is 2. The molecule has 0 radical (unpaired) electrons. The van der Waals surface area contributed by atoms with Crippen LogP contribution in [-0.2, 0) is 0 Å². The van der Waals surface area contributed by atoms with Gasteiger partial charge in [0.2, 0.25) is 0 Å². The first-order chi connectivity index (χ1) is 8.74. The molecule has 2 aromatic heterocycles. The predicted octanol–water partition coefficient (Wildman–Crippen LogP) is 5.03. The summed E-state index contributed by atoms with van der Waals surface area (Å²) >= 11 is 12.0. The van der Waals surface area contributed by atoms with Crippen molar-refractivity contribution >= 4 is 56.2 Å². The topological polar surface area (TPSA) is 39.2 Å². The summed E-state index contributed by atoms with van der Waals surface area (Å²) in [6, 6.07) is 9.58. The number of aromatic nitrogens is 1. The summed E-state index contributed by atoms with van der Waals surface area (Å²) in [7, 11) is 0. The summed E-state index contributed by atoms with van der Waals surface area (Å²) in [6.07, 6.45) is 0. The summed E-state index contributed by atoms with van der Waals surface area (Å²) < 4.78 is 11.0. The van der Waals surface area contributed by atoms with Crippen molar-refractivity contribution < 1.29 is 8.83 Å². The monoisotopic (exact) mass is 277 g/mol. The van der Waals surface area contributed by atoms with Crippen LogP contribution in [0.5, 0.6) is 0 Å². The zero-order valence-electron chi connectivity index (χ0n) is 8.91. The van der Waals surface area contributed by atoms with Crippen LogP contribution in [0.15, 0.2) is 39.2 Å². The molecule has 0 bridgehead atoms. The second-order valence-electron chi connectivity index (χ2n) is 3.98. The largest absolute Gasteiger partial charge is 0.454 e. The van der Waals surface area contributed by atoms with Gasteiger partial charge < -0.3 is 8.83 Å². The molecule has 0 saturated heterocycles. The van der Waals surface area contributed by atoms with Gasteiger partial charge in [0.1, 0.15) is 16.1 Å². The molecule has 4 aromatic rings. The molecule has 18 heavy (non-hydrogen) atoms. The third-order valence-corrected chi connectivity index (χ3v) is 3.46. The fraction of sp³-hybridized carbons (Fsp3) is 0. The highest BCUT2D eigenvalue weighted by Gasteiger charge is 2.17. The van der Waals surface area contributed by atoms with E-state index in [2.05, 4.69) is 4.98 Å². The van der Waals surface area contributed by atoms with Gasteiger partial charge in [-0.1, -0.05) is 29.8 Å². The molecular weight excluding hydrogens is 273 g/mol. The Morgan fingerprint density at radius 2 is 1.78 bits per heavy atom. The average Bonchev–Trinajstić information content (AvgIpc) is 2.91. The van der Waals surface area contributed by atoms with Crippen LogP contribution in [0.4, 0.5) is 0 Å². The Kier molecular flexibility index (Phi) is 1.93. The van der Waals surface area contributed by atoms with Crippen LogP contribution in [0.1, 0.15) is 0 Å². The van der Waals surface area contributed by atoms with Crippen LogP contribution >= 0.6 is 23.2 Å². The van der Waals surface area contributed by atoms with Crippen molar-refractivity contribution in [2.45, 2.75) is 0 Å². The maximum Gasteiger partial charge on any atom is 0.293 e. The van der Waals surface area contributed by atoms with Crippen LogP contribution in [0.3, 0.4) is 0 Å². The minimum absolute atomic E-state index is 0.0730. The lowest BCUT2D eigenvalue weighted by molar-refractivity contribution is 0.605. The SMILES string of the molecule is Clc1nc2c(Cl)c3oc4ccccc4c3cc2o1. The van der Waals surface area contributed by atoms with E-state index in [1.807, 2.05) is 30.3 Å². The van der Waals surface area contributed by atoms with Gasteiger partial charge in [0.15, 0.2) is 11.2 Å². The third-order valence-electron chi connectivity index (χ3n) is 2.94. The highest BCUT2D eigenvalue weighted by Crippen LogP contribution is 2.38. The molecule has 2 heterocycles. The van der Waals surface area contributed by atoms with Gasteiger partial charge >= 0.3 is 0 Å². The first-order valence-electron chi connectivity index (χ1n) is 5.30. The molecule has 0 N–H and O–H groups in total. The van der Waals surface area contributed by atoms with Crippen LogP contribution in [-0.4, -0.2) is 4.98 Å². The molecule has 5 heteroatoms. The number of fused-ring (bicyclic) bond motifs is 4. The molecule has 88 valence electrons. The van der Waals surface area contributed by atoms with Crippen molar-refractivity contribution in [2.24, 2.45) is 0 Å². The van der Waals surface area contributed by atoms with E-state index in [-0.39, 0.29) is 5.35 Å². The Morgan fingerprint density at radius 1 is 0.944 bits per heavy atom. The van der Waals surface area contributed by atoms with E-state index in [1.54, 1.807) is 0 Å². The molecule has 0 fully saturated rings. The number of oxazole rings is 1. The van der Waals surface area contributed by atoms with E-state index in [0.717, 1.165) is 16.4 Å². The van der Waals surface area contributed by atoms with Gasteiger partial charge in [-0.2, -0.15) is 4.98 Å². The zero-order valence-corrected chi connectivity index (χ0v) is 10.4. The van der Waals surface area contributed by atoms with Gasteiger partial charge in [0.25, 0.3) is 5.35 Å². The molecule has 0 saturated carbocycles. The van der Waals surface area contributed by atoms with Gasteiger partial charge in [-0.3, -0.25) is 0 Å². The maximum atomic E-state index is 6.28. The Balaban J connectivity index is 2.31. The minimum atomic E-state index is 0.0730.